The van der Waals surface area contributed by atoms with Crippen molar-refractivity contribution in [2.24, 2.45) is 5.92 Å². The highest BCUT2D eigenvalue weighted by Crippen LogP contribution is 2.31. The van der Waals surface area contributed by atoms with E-state index < -0.39 is 6.04 Å². The van der Waals surface area contributed by atoms with E-state index >= 15 is 0 Å². The molecule has 2 N–H and O–H groups in total. The molecule has 1 atom stereocenters. The highest BCUT2D eigenvalue weighted by molar-refractivity contribution is 7.80. The van der Waals surface area contributed by atoms with Gasteiger partial charge in [-0.1, -0.05) is 68.4 Å². The minimum atomic E-state index is -0.446. The molecular formula is C30H31N3O3S. The normalized spacial score (nSPS) is 15.4. The first kappa shape index (κ1) is 26.1. The summed E-state index contributed by atoms with van der Waals surface area (Å²) in [6, 6.07) is 24.5. The van der Waals surface area contributed by atoms with Gasteiger partial charge in [0.25, 0.3) is 5.91 Å². The van der Waals surface area contributed by atoms with Crippen molar-refractivity contribution in [2.75, 3.05) is 19.0 Å². The molecule has 0 radical (unpaired) electrons. The third-order valence-corrected chi connectivity index (χ3v) is 6.67. The number of benzene rings is 3. The summed E-state index contributed by atoms with van der Waals surface area (Å²) in [6.07, 6.45) is 0. The van der Waals surface area contributed by atoms with Gasteiger partial charge in [0.15, 0.2) is 5.11 Å². The number of carbonyl (C=O) groups is 2. The Morgan fingerprint density at radius 2 is 1.59 bits per heavy atom. The molecule has 0 saturated carbocycles. The molecule has 4 rings (SSSR count). The van der Waals surface area contributed by atoms with Crippen molar-refractivity contribution in [3.05, 3.63) is 101 Å². The van der Waals surface area contributed by atoms with Gasteiger partial charge in [0.05, 0.1) is 18.2 Å². The van der Waals surface area contributed by atoms with Crippen molar-refractivity contribution < 1.29 is 14.3 Å². The Balaban J connectivity index is 1.49. The van der Waals surface area contributed by atoms with E-state index in [2.05, 4.69) is 10.6 Å². The first-order valence-corrected chi connectivity index (χ1v) is 12.6. The van der Waals surface area contributed by atoms with E-state index in [1.807, 2.05) is 107 Å². The zero-order valence-electron chi connectivity index (χ0n) is 21.4. The molecule has 0 spiro atoms. The summed E-state index contributed by atoms with van der Waals surface area (Å²) < 4.78 is 5.55. The molecule has 1 unspecified atom stereocenters. The van der Waals surface area contributed by atoms with Crippen molar-refractivity contribution in [3.63, 3.8) is 0 Å². The van der Waals surface area contributed by atoms with Crippen molar-refractivity contribution >= 4 is 34.9 Å². The molecule has 0 bridgehead atoms. The summed E-state index contributed by atoms with van der Waals surface area (Å²) in [7, 11) is 1.82. The van der Waals surface area contributed by atoms with Crippen molar-refractivity contribution in [1.82, 2.24) is 10.2 Å². The first-order chi connectivity index (χ1) is 17.7. The van der Waals surface area contributed by atoms with Crippen molar-refractivity contribution in [3.8, 4) is 11.1 Å². The van der Waals surface area contributed by atoms with Gasteiger partial charge in [-0.25, -0.2) is 4.79 Å². The van der Waals surface area contributed by atoms with Crippen LogP contribution in [-0.4, -0.2) is 35.5 Å². The van der Waals surface area contributed by atoms with Crippen LogP contribution in [0.5, 0.6) is 0 Å². The monoisotopic (exact) mass is 513 g/mol. The fraction of sp³-hybridized carbons (Fsp3) is 0.233. The van der Waals surface area contributed by atoms with Crippen LogP contribution < -0.4 is 10.6 Å². The van der Waals surface area contributed by atoms with Gasteiger partial charge in [-0.2, -0.15) is 0 Å². The minimum absolute atomic E-state index is 0.195. The number of hydrogen-bond donors (Lipinski definition) is 2. The highest BCUT2D eigenvalue weighted by atomic mass is 32.1. The third kappa shape index (κ3) is 6.06. The van der Waals surface area contributed by atoms with Crippen LogP contribution in [0.1, 0.15) is 42.7 Å². The topological polar surface area (TPSA) is 70.7 Å². The predicted octanol–water partition coefficient (Wildman–Crippen LogP) is 5.94. The van der Waals surface area contributed by atoms with E-state index in [1.165, 1.54) is 0 Å². The fourth-order valence-corrected chi connectivity index (χ4v) is 4.33. The van der Waals surface area contributed by atoms with Crippen molar-refractivity contribution in [2.45, 2.75) is 26.8 Å². The Labute approximate surface area is 223 Å². The average molecular weight is 514 g/mol. The molecule has 1 heterocycles. The summed E-state index contributed by atoms with van der Waals surface area (Å²) >= 11 is 5.48. The van der Waals surface area contributed by atoms with E-state index in [0.717, 1.165) is 22.4 Å². The Kier molecular flexibility index (Phi) is 8.04. The van der Waals surface area contributed by atoms with Gasteiger partial charge in [0.1, 0.15) is 0 Å². The third-order valence-electron chi connectivity index (χ3n) is 6.28. The molecule has 1 aliphatic rings. The van der Waals surface area contributed by atoms with E-state index in [-0.39, 0.29) is 17.8 Å². The maximum Gasteiger partial charge on any atom is 0.338 e. The van der Waals surface area contributed by atoms with E-state index in [1.54, 1.807) is 4.90 Å². The molecule has 7 heteroatoms. The van der Waals surface area contributed by atoms with Gasteiger partial charge in [-0.05, 0) is 66.0 Å². The molecule has 1 amide bonds. The van der Waals surface area contributed by atoms with Crippen LogP contribution in [-0.2, 0) is 9.53 Å². The number of rotatable bonds is 7. The number of nitrogens with zero attached hydrogens (tertiary/aromatic N) is 1. The average Bonchev–Trinajstić information content (AvgIpc) is 2.91. The molecule has 3 aromatic carbocycles. The number of hydrogen-bond acceptors (Lipinski definition) is 4. The number of esters is 1. The number of amides is 1. The van der Waals surface area contributed by atoms with Gasteiger partial charge in [0, 0.05) is 24.0 Å². The molecule has 0 fully saturated rings. The van der Waals surface area contributed by atoms with Crippen LogP contribution >= 0.6 is 12.2 Å². The summed E-state index contributed by atoms with van der Waals surface area (Å²) in [5, 5.41) is 6.72. The molecular weight excluding hydrogens is 482 g/mol. The molecule has 6 nitrogen and oxygen atoms in total. The maximum absolute atomic E-state index is 13.0. The van der Waals surface area contributed by atoms with Gasteiger partial charge in [-0.15, -0.1) is 0 Å². The molecule has 1 aliphatic heterocycles. The van der Waals surface area contributed by atoms with Crippen LogP contribution in [0.3, 0.4) is 0 Å². The number of ether oxygens (including phenoxy) is 1. The lowest BCUT2D eigenvalue weighted by Gasteiger charge is -2.35. The SMILES string of the molecule is CC1=C(C(=O)OCC(C)C)C(c2ccc(NC(=O)c3ccc(-c4ccccc4)cc3)cc2)NC(=S)N1C. The molecule has 37 heavy (non-hydrogen) atoms. The molecule has 0 aromatic heterocycles. The maximum atomic E-state index is 13.0. The second-order valence-corrected chi connectivity index (χ2v) is 9.84. The summed E-state index contributed by atoms with van der Waals surface area (Å²) in [5.74, 6) is -0.329. The summed E-state index contributed by atoms with van der Waals surface area (Å²) in [5.41, 5.74) is 5.49. The number of allylic oxidation sites excluding steroid dienone is 1. The quantitative estimate of drug-likeness (QED) is 0.301. The number of anilines is 1. The standard InChI is InChI=1S/C30H31N3O3S/c1-19(2)18-36-29(35)26-20(3)33(4)30(37)32-27(26)23-14-16-25(17-15-23)31-28(34)24-12-10-22(11-13-24)21-8-6-5-7-9-21/h5-17,19,27H,18H2,1-4H3,(H,31,34)(H,32,37). The van der Waals surface area contributed by atoms with Gasteiger partial charge in [0.2, 0.25) is 0 Å². The molecule has 0 aliphatic carbocycles. The number of nitrogens with one attached hydrogen (secondary N) is 2. The van der Waals surface area contributed by atoms with Gasteiger partial charge < -0.3 is 20.3 Å². The Morgan fingerprint density at radius 3 is 2.22 bits per heavy atom. The minimum Gasteiger partial charge on any atom is -0.462 e. The Morgan fingerprint density at radius 1 is 0.973 bits per heavy atom. The Hall–Kier alpha value is -3.97. The lowest BCUT2D eigenvalue weighted by atomic mass is 9.95. The van der Waals surface area contributed by atoms with E-state index in [4.69, 9.17) is 17.0 Å². The lowest BCUT2D eigenvalue weighted by molar-refractivity contribution is -0.140. The van der Waals surface area contributed by atoms with Crippen molar-refractivity contribution in [1.29, 1.82) is 0 Å². The first-order valence-electron chi connectivity index (χ1n) is 12.2. The fourth-order valence-electron chi connectivity index (χ4n) is 4.08. The summed E-state index contributed by atoms with van der Waals surface area (Å²) in [6.45, 7) is 6.20. The van der Waals surface area contributed by atoms with E-state index in [0.29, 0.717) is 28.5 Å². The second kappa shape index (κ2) is 11.4. The van der Waals surface area contributed by atoms with Crippen LogP contribution in [0, 0.1) is 5.92 Å². The second-order valence-electron chi connectivity index (χ2n) is 9.45. The smallest absolute Gasteiger partial charge is 0.338 e. The van der Waals surface area contributed by atoms with Crippen LogP contribution in [0.2, 0.25) is 0 Å². The predicted molar refractivity (Wildman–Crippen MR) is 151 cm³/mol. The van der Waals surface area contributed by atoms with Gasteiger partial charge in [-0.3, -0.25) is 4.79 Å². The molecule has 0 saturated heterocycles. The lowest BCUT2D eigenvalue weighted by Crippen LogP contribution is -2.46. The molecule has 3 aromatic rings. The van der Waals surface area contributed by atoms with Crippen LogP contribution in [0.25, 0.3) is 11.1 Å². The molecule has 190 valence electrons. The zero-order valence-corrected chi connectivity index (χ0v) is 22.3. The highest BCUT2D eigenvalue weighted by Gasteiger charge is 2.33. The van der Waals surface area contributed by atoms with Gasteiger partial charge >= 0.3 is 5.97 Å². The number of carbonyl (C=O) groups excluding carboxylic acids is 2. The zero-order chi connectivity index (χ0) is 26.5. The van der Waals surface area contributed by atoms with Crippen LogP contribution in [0.15, 0.2) is 90.1 Å². The Bertz CT molecular complexity index is 1320. The largest absolute Gasteiger partial charge is 0.462 e. The number of thiocarbonyl (C=S) groups is 1. The van der Waals surface area contributed by atoms with E-state index in [9.17, 15) is 9.59 Å². The van der Waals surface area contributed by atoms with Crippen LogP contribution in [0.4, 0.5) is 5.69 Å². The summed E-state index contributed by atoms with van der Waals surface area (Å²) in [4.78, 5) is 27.6.